The summed E-state index contributed by atoms with van der Waals surface area (Å²) in [6, 6.07) is 5.67. The van der Waals surface area contributed by atoms with Crippen LogP contribution in [0.4, 0.5) is 4.39 Å². The van der Waals surface area contributed by atoms with Crippen LogP contribution in [0.1, 0.15) is 13.3 Å². The molecule has 0 bridgehead atoms. The molecule has 1 fully saturated rings. The average molecular weight is 280 g/mol. The van der Waals surface area contributed by atoms with Gasteiger partial charge in [0.1, 0.15) is 11.6 Å². The fourth-order valence-electron chi connectivity index (χ4n) is 2.04. The van der Waals surface area contributed by atoms with Gasteiger partial charge in [0.25, 0.3) is 5.91 Å². The normalized spacial score (nSPS) is 17.1. The van der Waals surface area contributed by atoms with Crippen molar-refractivity contribution in [3.05, 3.63) is 30.1 Å². The van der Waals surface area contributed by atoms with E-state index in [1.807, 2.05) is 0 Å². The van der Waals surface area contributed by atoms with Crippen LogP contribution in [0.15, 0.2) is 24.3 Å². The zero-order valence-corrected chi connectivity index (χ0v) is 11.3. The molecular weight excluding hydrogens is 263 g/mol. The first-order chi connectivity index (χ1) is 9.56. The second kappa shape index (κ2) is 6.36. The smallest absolute Gasteiger partial charge is 0.263 e. The molecule has 20 heavy (non-hydrogen) atoms. The molecule has 0 radical (unpaired) electrons. The first kappa shape index (κ1) is 14.3. The highest BCUT2D eigenvalue weighted by atomic mass is 19.1. The monoisotopic (exact) mass is 280 g/mol. The Kier molecular flexibility index (Phi) is 4.55. The maximum absolute atomic E-state index is 13.0. The first-order valence-corrected chi connectivity index (χ1v) is 6.54. The Hall–Kier alpha value is -2.11. The Morgan fingerprint density at radius 2 is 2.25 bits per heavy atom. The molecule has 6 heteroatoms. The molecule has 0 aliphatic carbocycles. The van der Waals surface area contributed by atoms with Crippen LogP contribution in [0, 0.1) is 5.82 Å². The van der Waals surface area contributed by atoms with Crippen molar-refractivity contribution >= 4 is 11.8 Å². The molecule has 1 aliphatic rings. The molecule has 108 valence electrons. The molecule has 1 unspecified atom stereocenters. The summed E-state index contributed by atoms with van der Waals surface area (Å²) in [6.07, 6.45) is -0.427. The number of hydrogen-bond donors (Lipinski definition) is 1. The molecule has 1 aromatic rings. The van der Waals surface area contributed by atoms with Gasteiger partial charge < -0.3 is 15.0 Å². The predicted molar refractivity (Wildman–Crippen MR) is 70.7 cm³/mol. The number of hydrogen-bond acceptors (Lipinski definition) is 3. The van der Waals surface area contributed by atoms with Gasteiger partial charge in [0.05, 0.1) is 0 Å². The second-order valence-electron chi connectivity index (χ2n) is 4.64. The van der Waals surface area contributed by atoms with Crippen LogP contribution in [-0.2, 0) is 9.59 Å². The number of carbonyl (C=O) groups excluding carboxylic acids is 2. The third kappa shape index (κ3) is 3.69. The van der Waals surface area contributed by atoms with Gasteiger partial charge in [0.2, 0.25) is 5.91 Å². The van der Waals surface area contributed by atoms with Crippen LogP contribution in [0.5, 0.6) is 5.75 Å². The summed E-state index contributed by atoms with van der Waals surface area (Å²) in [6.45, 7) is 2.90. The minimum atomic E-state index is -0.718. The number of nitrogens with one attached hydrogen (secondary N) is 1. The molecule has 5 nitrogen and oxygen atoms in total. The van der Waals surface area contributed by atoms with Crippen LogP contribution in [0.2, 0.25) is 0 Å². The van der Waals surface area contributed by atoms with Gasteiger partial charge >= 0.3 is 0 Å². The summed E-state index contributed by atoms with van der Waals surface area (Å²) >= 11 is 0. The summed E-state index contributed by atoms with van der Waals surface area (Å²) in [5.41, 5.74) is 0. The minimum Gasteiger partial charge on any atom is -0.481 e. The van der Waals surface area contributed by atoms with Crippen LogP contribution >= 0.6 is 0 Å². The standard InChI is InChI=1S/C14H17FN2O3/c1-10(20-12-4-2-3-11(15)9-12)14(19)17-7-5-13(18)16-6-8-17/h2-4,9-10H,5-8H2,1H3,(H,16,18). The molecular formula is C14H17FN2O3. The molecule has 0 aromatic heterocycles. The average Bonchev–Trinajstić information content (AvgIpc) is 2.62. The van der Waals surface area contributed by atoms with Crippen molar-refractivity contribution in [1.82, 2.24) is 10.2 Å². The van der Waals surface area contributed by atoms with Crippen LogP contribution < -0.4 is 10.1 Å². The lowest BCUT2D eigenvalue weighted by atomic mass is 10.3. The Morgan fingerprint density at radius 1 is 1.45 bits per heavy atom. The van der Waals surface area contributed by atoms with Gasteiger partial charge in [-0.25, -0.2) is 4.39 Å². The number of rotatable bonds is 3. The molecule has 2 amide bonds. The maximum Gasteiger partial charge on any atom is 0.263 e. The van der Waals surface area contributed by atoms with Crippen LogP contribution in [0.3, 0.4) is 0 Å². The molecule has 2 rings (SSSR count). The second-order valence-corrected chi connectivity index (χ2v) is 4.64. The number of halogens is 1. The SMILES string of the molecule is CC(Oc1cccc(F)c1)C(=O)N1CCNC(=O)CC1. The highest BCUT2D eigenvalue weighted by Gasteiger charge is 2.24. The predicted octanol–water partition coefficient (Wildman–Crippen LogP) is 0.941. The Morgan fingerprint density at radius 3 is 3.00 bits per heavy atom. The lowest BCUT2D eigenvalue weighted by molar-refractivity contribution is -0.137. The van der Waals surface area contributed by atoms with Gasteiger partial charge in [-0.1, -0.05) is 6.07 Å². The van der Waals surface area contributed by atoms with E-state index in [4.69, 9.17) is 4.74 Å². The number of nitrogens with zero attached hydrogens (tertiary/aromatic N) is 1. The molecule has 1 heterocycles. The van der Waals surface area contributed by atoms with Crippen molar-refractivity contribution in [2.24, 2.45) is 0 Å². The largest absolute Gasteiger partial charge is 0.481 e. The quantitative estimate of drug-likeness (QED) is 0.896. The minimum absolute atomic E-state index is 0.0565. The van der Waals surface area contributed by atoms with Crippen molar-refractivity contribution in [3.63, 3.8) is 0 Å². The molecule has 1 N–H and O–H groups in total. The Labute approximate surface area is 116 Å². The number of amides is 2. The molecule has 1 atom stereocenters. The zero-order valence-electron chi connectivity index (χ0n) is 11.3. The molecule has 0 spiro atoms. The summed E-state index contributed by atoms with van der Waals surface area (Å²) in [5, 5.41) is 2.70. The van der Waals surface area contributed by atoms with Gasteiger partial charge in [-0.3, -0.25) is 9.59 Å². The van der Waals surface area contributed by atoms with E-state index in [9.17, 15) is 14.0 Å². The van der Waals surface area contributed by atoms with Gasteiger partial charge in [0, 0.05) is 32.1 Å². The summed E-state index contributed by atoms with van der Waals surface area (Å²) < 4.78 is 18.5. The van der Waals surface area contributed by atoms with E-state index in [0.29, 0.717) is 31.8 Å². The topological polar surface area (TPSA) is 58.6 Å². The van der Waals surface area contributed by atoms with Crippen molar-refractivity contribution in [1.29, 1.82) is 0 Å². The zero-order chi connectivity index (χ0) is 14.5. The highest BCUT2D eigenvalue weighted by molar-refractivity contribution is 5.83. The Balaban J connectivity index is 1.96. The van der Waals surface area contributed by atoms with Crippen molar-refractivity contribution in [2.75, 3.05) is 19.6 Å². The third-order valence-electron chi connectivity index (χ3n) is 3.08. The van der Waals surface area contributed by atoms with E-state index in [1.54, 1.807) is 17.9 Å². The molecule has 1 aliphatic heterocycles. The van der Waals surface area contributed by atoms with E-state index in [1.165, 1.54) is 18.2 Å². The Bertz CT molecular complexity index is 507. The molecule has 1 aromatic carbocycles. The van der Waals surface area contributed by atoms with E-state index in [0.717, 1.165) is 0 Å². The number of carbonyl (C=O) groups is 2. The fraction of sp³-hybridized carbons (Fsp3) is 0.429. The van der Waals surface area contributed by atoms with Gasteiger partial charge in [-0.2, -0.15) is 0 Å². The first-order valence-electron chi connectivity index (χ1n) is 6.54. The van der Waals surface area contributed by atoms with E-state index >= 15 is 0 Å². The molecule has 1 saturated heterocycles. The maximum atomic E-state index is 13.0. The van der Waals surface area contributed by atoms with E-state index < -0.39 is 11.9 Å². The highest BCUT2D eigenvalue weighted by Crippen LogP contribution is 2.15. The van der Waals surface area contributed by atoms with Gasteiger partial charge in [-0.15, -0.1) is 0 Å². The number of ether oxygens (including phenoxy) is 1. The van der Waals surface area contributed by atoms with Gasteiger partial charge in [0.15, 0.2) is 6.10 Å². The summed E-state index contributed by atoms with van der Waals surface area (Å²) in [4.78, 5) is 25.0. The number of benzene rings is 1. The van der Waals surface area contributed by atoms with E-state index in [2.05, 4.69) is 5.32 Å². The van der Waals surface area contributed by atoms with Gasteiger partial charge in [-0.05, 0) is 19.1 Å². The lowest BCUT2D eigenvalue weighted by Crippen LogP contribution is -2.42. The summed E-state index contributed by atoms with van der Waals surface area (Å²) in [5.74, 6) is -0.355. The molecule has 0 saturated carbocycles. The van der Waals surface area contributed by atoms with Crippen molar-refractivity contribution < 1.29 is 18.7 Å². The lowest BCUT2D eigenvalue weighted by Gasteiger charge is -2.24. The van der Waals surface area contributed by atoms with Crippen LogP contribution in [-0.4, -0.2) is 42.5 Å². The third-order valence-corrected chi connectivity index (χ3v) is 3.08. The van der Waals surface area contributed by atoms with E-state index in [-0.39, 0.29) is 11.8 Å². The van der Waals surface area contributed by atoms with Crippen molar-refractivity contribution in [3.8, 4) is 5.75 Å². The van der Waals surface area contributed by atoms with Crippen molar-refractivity contribution in [2.45, 2.75) is 19.4 Å². The van der Waals surface area contributed by atoms with Crippen LogP contribution in [0.25, 0.3) is 0 Å². The summed E-state index contributed by atoms with van der Waals surface area (Å²) in [7, 11) is 0. The fourth-order valence-corrected chi connectivity index (χ4v) is 2.04.